The van der Waals surface area contributed by atoms with Gasteiger partial charge in [0, 0.05) is 72.2 Å². The van der Waals surface area contributed by atoms with Crippen LogP contribution in [0, 0.1) is 23.2 Å². The molecule has 0 saturated carbocycles. The molecule has 2 saturated heterocycles. The van der Waals surface area contributed by atoms with Crippen LogP contribution in [0.25, 0.3) is 33.4 Å². The molecule has 55 heavy (non-hydrogen) atoms. The number of carbonyl (C=O) groups is 3. The number of aryl methyl sites for hydroxylation is 1. The molecule has 4 aromatic rings. The number of hydrogen-bond donors (Lipinski definition) is 3. The number of nitrogens with zero attached hydrogens (tertiary/aromatic N) is 4. The summed E-state index contributed by atoms with van der Waals surface area (Å²) in [5.74, 6) is -0.564. The Hall–Kier alpha value is -4.17. The van der Waals surface area contributed by atoms with Crippen molar-refractivity contribution in [2.75, 3.05) is 33.4 Å². The number of esters is 1. The maximum absolute atomic E-state index is 14.3. The Balaban J connectivity index is 1.33. The Morgan fingerprint density at radius 1 is 1.18 bits per heavy atom. The van der Waals surface area contributed by atoms with Crippen molar-refractivity contribution in [1.82, 2.24) is 35.6 Å². The van der Waals surface area contributed by atoms with Gasteiger partial charge in [-0.05, 0) is 81.3 Å². The van der Waals surface area contributed by atoms with Gasteiger partial charge < -0.3 is 24.7 Å². The number of hydrogen-bond acceptors (Lipinski definition) is 10. The topological polar surface area (TPSA) is 140 Å². The fourth-order valence-electron chi connectivity index (χ4n) is 8.53. The summed E-state index contributed by atoms with van der Waals surface area (Å²) in [6.45, 7) is 15.3. The molecule has 7 rings (SSSR count). The Morgan fingerprint density at radius 3 is 2.76 bits per heavy atom. The molecule has 0 radical (unpaired) electrons. The monoisotopic (exact) mass is 769 g/mol. The average Bonchev–Trinajstić information content (AvgIpc) is 3.94. The summed E-state index contributed by atoms with van der Waals surface area (Å²) in [6, 6.07) is 9.01. The number of hydrazine groups is 1. The summed E-state index contributed by atoms with van der Waals surface area (Å²) in [5, 5.41) is 11.9. The first-order valence-corrected chi connectivity index (χ1v) is 20.6. The van der Waals surface area contributed by atoms with E-state index in [-0.39, 0.29) is 42.8 Å². The van der Waals surface area contributed by atoms with Crippen molar-refractivity contribution in [3.8, 4) is 22.5 Å². The second-order valence-corrected chi connectivity index (χ2v) is 17.4. The quantitative estimate of drug-likeness (QED) is 0.202. The molecule has 12 nitrogen and oxygen atoms in total. The van der Waals surface area contributed by atoms with Crippen molar-refractivity contribution in [2.24, 2.45) is 23.2 Å². The number of benzene rings is 1. The van der Waals surface area contributed by atoms with Crippen LogP contribution in [-0.4, -0.2) is 82.8 Å². The van der Waals surface area contributed by atoms with Gasteiger partial charge in [0.25, 0.3) is 5.91 Å². The highest BCUT2D eigenvalue weighted by molar-refractivity contribution is 7.10. The number of thiazole rings is 1. The van der Waals surface area contributed by atoms with E-state index in [1.165, 1.54) is 16.3 Å². The Morgan fingerprint density at radius 2 is 2.00 bits per heavy atom. The first-order valence-electron chi connectivity index (χ1n) is 19.7. The molecule has 13 heteroatoms. The lowest BCUT2D eigenvalue weighted by atomic mass is 9.84. The maximum atomic E-state index is 14.3. The molecule has 0 unspecified atom stereocenters. The van der Waals surface area contributed by atoms with Crippen LogP contribution in [-0.2, 0) is 43.2 Å². The van der Waals surface area contributed by atoms with E-state index in [9.17, 15) is 14.4 Å². The summed E-state index contributed by atoms with van der Waals surface area (Å²) in [7, 11) is 1.70. The van der Waals surface area contributed by atoms with Gasteiger partial charge in [-0.25, -0.2) is 10.4 Å². The molecule has 3 N–H and O–H groups in total. The lowest BCUT2D eigenvalue weighted by Gasteiger charge is -2.36. The van der Waals surface area contributed by atoms with E-state index in [2.05, 4.69) is 79.5 Å². The fraction of sp³-hybridized carbons (Fsp3) is 0.548. The highest BCUT2D eigenvalue weighted by atomic mass is 32.1. The Kier molecular flexibility index (Phi) is 11.5. The third-order valence-corrected chi connectivity index (χ3v) is 12.5. The number of pyridine rings is 1. The smallest absolute Gasteiger partial charge is 0.324 e. The molecule has 5 atom stereocenters. The SMILES string of the molecule is CCn1c(-c2cccnc2[C@H](C)OC)c2c3cc(ccc31)-c1csc(n1)C[C@H](NC(=O)[C@@H]1CNC[C@H]1C(C)C)C(=O)N1CCC[C@H](N1)C(=O)OCC(C)(C)C2. The number of amides is 2. The van der Waals surface area contributed by atoms with E-state index in [0.717, 1.165) is 62.8 Å². The lowest BCUT2D eigenvalue weighted by Crippen LogP contribution is -2.61. The average molecular weight is 770 g/mol. The largest absolute Gasteiger partial charge is 0.464 e. The Bertz CT molecular complexity index is 2060. The van der Waals surface area contributed by atoms with Gasteiger partial charge in [0.1, 0.15) is 12.1 Å². The Labute approximate surface area is 327 Å². The number of aromatic nitrogens is 3. The molecule has 2 amide bonds. The van der Waals surface area contributed by atoms with Gasteiger partial charge >= 0.3 is 5.97 Å². The first kappa shape index (κ1) is 39.1. The van der Waals surface area contributed by atoms with E-state index < -0.39 is 23.5 Å². The van der Waals surface area contributed by atoms with Crippen molar-refractivity contribution in [3.63, 3.8) is 0 Å². The molecule has 1 aromatic carbocycles. The van der Waals surface area contributed by atoms with Crippen LogP contribution >= 0.6 is 11.3 Å². The molecule has 3 aromatic heterocycles. The summed E-state index contributed by atoms with van der Waals surface area (Å²) < 4.78 is 14.2. The molecule has 3 aliphatic heterocycles. The van der Waals surface area contributed by atoms with Crippen LogP contribution in [0.15, 0.2) is 41.9 Å². The molecular formula is C42H55N7O5S. The van der Waals surface area contributed by atoms with Crippen LogP contribution in [0.4, 0.5) is 0 Å². The van der Waals surface area contributed by atoms with E-state index in [1.54, 1.807) is 13.3 Å². The van der Waals surface area contributed by atoms with E-state index in [1.807, 2.05) is 18.4 Å². The second-order valence-electron chi connectivity index (χ2n) is 16.4. The van der Waals surface area contributed by atoms with Gasteiger partial charge in [-0.2, -0.15) is 0 Å². The fourth-order valence-corrected chi connectivity index (χ4v) is 9.38. The van der Waals surface area contributed by atoms with Gasteiger partial charge in [-0.3, -0.25) is 24.4 Å². The van der Waals surface area contributed by atoms with Crippen LogP contribution in [0.5, 0.6) is 0 Å². The molecule has 6 bridgehead atoms. The van der Waals surface area contributed by atoms with Gasteiger partial charge in [0.2, 0.25) is 5.91 Å². The number of fused-ring (bicyclic) bond motifs is 6. The van der Waals surface area contributed by atoms with Crippen molar-refractivity contribution >= 4 is 40.0 Å². The molecule has 6 heterocycles. The zero-order valence-electron chi connectivity index (χ0n) is 33.1. The van der Waals surface area contributed by atoms with Crippen molar-refractivity contribution < 1.29 is 23.9 Å². The van der Waals surface area contributed by atoms with Gasteiger partial charge in [0.05, 0.1) is 40.7 Å². The summed E-state index contributed by atoms with van der Waals surface area (Å²) in [4.78, 5) is 51.7. The molecule has 3 aliphatic rings. The molecule has 0 aliphatic carbocycles. The standard InChI is InChI=1S/C42H55N7O5S/c1-8-48-35-14-13-26-17-28(35)29(38(48)27-11-9-15-44-37(27)25(4)53-7)19-42(5,6)23-54-41(52)32-12-10-16-49(47-32)40(51)33(18-36-45-34(26)22-55-36)46-39(50)31-21-43-20-30(31)24(2)3/h9,11,13-15,17,22,24-25,30-33,43,47H,8,10,12,16,18-21,23H2,1-7H3,(H,46,50)/t25-,30-,31+,32-,33-/m0/s1. The van der Waals surface area contributed by atoms with E-state index >= 15 is 0 Å². The van der Waals surface area contributed by atoms with Crippen molar-refractivity contribution in [2.45, 2.75) is 92.0 Å². The third kappa shape index (κ3) is 7.94. The number of carbonyl (C=O) groups excluding carboxylic acids is 3. The van der Waals surface area contributed by atoms with Gasteiger partial charge in [0.15, 0.2) is 0 Å². The first-order chi connectivity index (χ1) is 26.4. The molecule has 0 spiro atoms. The summed E-state index contributed by atoms with van der Waals surface area (Å²) >= 11 is 1.49. The molecular weight excluding hydrogens is 715 g/mol. The number of nitrogens with one attached hydrogen (secondary N) is 3. The minimum Gasteiger partial charge on any atom is -0.464 e. The highest BCUT2D eigenvalue weighted by Crippen LogP contribution is 2.42. The van der Waals surface area contributed by atoms with Crippen LogP contribution in [0.1, 0.15) is 76.8 Å². The predicted octanol–water partition coefficient (Wildman–Crippen LogP) is 5.69. The second kappa shape index (κ2) is 16.1. The number of ether oxygens (including phenoxy) is 2. The molecule has 294 valence electrons. The number of methoxy groups -OCH3 is 1. The van der Waals surface area contributed by atoms with Crippen molar-refractivity contribution in [3.05, 3.63) is 58.2 Å². The zero-order chi connectivity index (χ0) is 39.0. The minimum absolute atomic E-state index is 0.137. The number of cyclic esters (lactones) is 1. The lowest BCUT2D eigenvalue weighted by molar-refractivity contribution is -0.155. The van der Waals surface area contributed by atoms with Crippen LogP contribution in [0.3, 0.4) is 0 Å². The third-order valence-electron chi connectivity index (χ3n) is 11.6. The number of rotatable bonds is 7. The van der Waals surface area contributed by atoms with Crippen molar-refractivity contribution in [1.29, 1.82) is 0 Å². The maximum Gasteiger partial charge on any atom is 0.324 e. The van der Waals surface area contributed by atoms with Gasteiger partial charge in [-0.15, -0.1) is 11.3 Å². The molecule has 2 fully saturated rings. The summed E-state index contributed by atoms with van der Waals surface area (Å²) in [5.41, 5.74) is 9.68. The highest BCUT2D eigenvalue weighted by Gasteiger charge is 2.39. The zero-order valence-corrected chi connectivity index (χ0v) is 33.9. The normalized spacial score (nSPS) is 23.8. The minimum atomic E-state index is -0.863. The van der Waals surface area contributed by atoms with Crippen LogP contribution < -0.4 is 16.1 Å². The van der Waals surface area contributed by atoms with Crippen LogP contribution in [0.2, 0.25) is 0 Å². The summed E-state index contributed by atoms with van der Waals surface area (Å²) in [6.07, 6.45) is 3.60. The van der Waals surface area contributed by atoms with E-state index in [4.69, 9.17) is 19.4 Å². The predicted molar refractivity (Wildman–Crippen MR) is 214 cm³/mol. The van der Waals surface area contributed by atoms with Gasteiger partial charge in [-0.1, -0.05) is 33.8 Å². The van der Waals surface area contributed by atoms with E-state index in [0.29, 0.717) is 38.3 Å².